The Hall–Kier alpha value is -1.03. The molecular weight excluding hydrogens is 238 g/mol. The van der Waals surface area contributed by atoms with E-state index in [9.17, 15) is 4.79 Å². The van der Waals surface area contributed by atoms with E-state index in [2.05, 4.69) is 5.10 Å². The monoisotopic (exact) mass is 255 g/mol. The van der Waals surface area contributed by atoms with Gasteiger partial charge < -0.3 is 4.90 Å². The van der Waals surface area contributed by atoms with Crippen LogP contribution in [0, 0.1) is 0 Å². The van der Waals surface area contributed by atoms with Crippen LogP contribution in [0.4, 0.5) is 0 Å². The summed E-state index contributed by atoms with van der Waals surface area (Å²) in [5.41, 5.74) is 1.09. The van der Waals surface area contributed by atoms with Gasteiger partial charge in [0.2, 0.25) is 5.91 Å². The molecule has 0 N–H and O–H groups in total. The fourth-order valence-corrected chi connectivity index (χ4v) is 2.50. The van der Waals surface area contributed by atoms with Gasteiger partial charge in [0.25, 0.3) is 0 Å². The molecule has 0 aliphatic carbocycles. The predicted molar refractivity (Wildman–Crippen MR) is 67.1 cm³/mol. The summed E-state index contributed by atoms with van der Waals surface area (Å²) >= 11 is 5.61. The fraction of sp³-hybridized carbons (Fsp3) is 0.667. The third-order valence-electron chi connectivity index (χ3n) is 3.23. The highest BCUT2D eigenvalue weighted by Crippen LogP contribution is 2.25. The number of hydrogen-bond acceptors (Lipinski definition) is 2. The van der Waals surface area contributed by atoms with Gasteiger partial charge in [0, 0.05) is 44.6 Å². The van der Waals surface area contributed by atoms with Crippen molar-refractivity contribution < 1.29 is 4.79 Å². The first kappa shape index (κ1) is 12.4. The Balaban J connectivity index is 1.99. The molecule has 2 rings (SSSR count). The number of aryl methyl sites for hydroxylation is 1. The second-order valence-corrected chi connectivity index (χ2v) is 4.91. The van der Waals surface area contributed by atoms with Gasteiger partial charge in [0.15, 0.2) is 0 Å². The van der Waals surface area contributed by atoms with Crippen LogP contribution in [0.5, 0.6) is 0 Å². The second-order valence-electron chi connectivity index (χ2n) is 4.53. The van der Waals surface area contributed by atoms with Gasteiger partial charge in [-0.05, 0) is 18.9 Å². The Labute approximate surface area is 107 Å². The molecule has 1 amide bonds. The average molecular weight is 256 g/mol. The Morgan fingerprint density at radius 2 is 2.47 bits per heavy atom. The summed E-state index contributed by atoms with van der Waals surface area (Å²) in [4.78, 5) is 13.7. The molecule has 1 aromatic rings. The molecule has 4 nitrogen and oxygen atoms in total. The predicted octanol–water partition coefficient (Wildman–Crippen LogP) is 1.75. The maximum absolute atomic E-state index is 11.8. The third kappa shape index (κ3) is 3.00. The van der Waals surface area contributed by atoms with E-state index in [-0.39, 0.29) is 5.91 Å². The quantitative estimate of drug-likeness (QED) is 0.772. The standard InChI is InChI=1S/C12H18ClN3O/c1-15-8-5-11(14-15)10-3-2-7-16(9-10)12(17)4-6-13/h5,8,10H,2-4,6-7,9H2,1H3/t10-/m0/s1. The van der Waals surface area contributed by atoms with E-state index < -0.39 is 0 Å². The van der Waals surface area contributed by atoms with E-state index in [1.807, 2.05) is 28.9 Å². The molecule has 0 spiro atoms. The zero-order valence-electron chi connectivity index (χ0n) is 10.1. The minimum atomic E-state index is 0.167. The van der Waals surface area contributed by atoms with E-state index in [0.717, 1.165) is 31.6 Å². The lowest BCUT2D eigenvalue weighted by molar-refractivity contribution is -0.131. The molecule has 5 heteroatoms. The van der Waals surface area contributed by atoms with Gasteiger partial charge in [-0.1, -0.05) is 0 Å². The van der Waals surface area contributed by atoms with Crippen molar-refractivity contribution in [2.75, 3.05) is 19.0 Å². The number of amides is 1. The van der Waals surface area contributed by atoms with Crippen LogP contribution in [-0.4, -0.2) is 39.6 Å². The molecule has 0 bridgehead atoms. The van der Waals surface area contributed by atoms with E-state index >= 15 is 0 Å². The van der Waals surface area contributed by atoms with Crippen molar-refractivity contribution in [3.05, 3.63) is 18.0 Å². The molecule has 17 heavy (non-hydrogen) atoms. The number of rotatable bonds is 3. The van der Waals surface area contributed by atoms with Gasteiger partial charge in [0.05, 0.1) is 5.69 Å². The van der Waals surface area contributed by atoms with Crippen molar-refractivity contribution in [1.29, 1.82) is 0 Å². The third-order valence-corrected chi connectivity index (χ3v) is 3.42. The molecule has 2 heterocycles. The van der Waals surface area contributed by atoms with Crippen LogP contribution < -0.4 is 0 Å². The number of carbonyl (C=O) groups is 1. The number of piperidine rings is 1. The van der Waals surface area contributed by atoms with E-state index in [1.54, 1.807) is 0 Å². The highest BCUT2D eigenvalue weighted by Gasteiger charge is 2.25. The van der Waals surface area contributed by atoms with Crippen LogP contribution in [0.1, 0.15) is 30.9 Å². The number of alkyl halides is 1. The Morgan fingerprint density at radius 1 is 1.65 bits per heavy atom. The number of halogens is 1. The lowest BCUT2D eigenvalue weighted by Gasteiger charge is -2.32. The second kappa shape index (κ2) is 5.54. The molecule has 0 unspecified atom stereocenters. The summed E-state index contributed by atoms with van der Waals surface area (Å²) in [6.45, 7) is 1.64. The molecular formula is C12H18ClN3O. The zero-order valence-corrected chi connectivity index (χ0v) is 10.9. The van der Waals surface area contributed by atoms with Crippen molar-refractivity contribution in [3.8, 4) is 0 Å². The van der Waals surface area contributed by atoms with Crippen molar-refractivity contribution in [2.45, 2.75) is 25.2 Å². The molecule has 0 saturated carbocycles. The minimum Gasteiger partial charge on any atom is -0.342 e. The SMILES string of the molecule is Cn1ccc([C@H]2CCCN(C(=O)CCCl)C2)n1. The Kier molecular flexibility index (Phi) is 4.05. The van der Waals surface area contributed by atoms with Crippen molar-refractivity contribution in [3.63, 3.8) is 0 Å². The molecule has 0 aromatic carbocycles. The first-order chi connectivity index (χ1) is 8.20. The summed E-state index contributed by atoms with van der Waals surface area (Å²) in [7, 11) is 1.92. The van der Waals surface area contributed by atoms with Gasteiger partial charge in [-0.15, -0.1) is 11.6 Å². The summed E-state index contributed by atoms with van der Waals surface area (Å²) in [6.07, 6.45) is 4.56. The number of nitrogens with zero attached hydrogens (tertiary/aromatic N) is 3. The summed E-state index contributed by atoms with van der Waals surface area (Å²) in [5.74, 6) is 0.952. The molecule has 1 saturated heterocycles. The highest BCUT2D eigenvalue weighted by molar-refractivity contribution is 6.18. The fourth-order valence-electron chi connectivity index (χ4n) is 2.33. The first-order valence-electron chi connectivity index (χ1n) is 6.04. The van der Waals surface area contributed by atoms with Crippen LogP contribution in [0.25, 0.3) is 0 Å². The molecule has 1 fully saturated rings. The number of carbonyl (C=O) groups excluding carboxylic acids is 1. The van der Waals surface area contributed by atoms with E-state index in [1.165, 1.54) is 0 Å². The number of aromatic nitrogens is 2. The van der Waals surface area contributed by atoms with Gasteiger partial charge in [-0.3, -0.25) is 9.48 Å². The number of hydrogen-bond donors (Lipinski definition) is 0. The first-order valence-corrected chi connectivity index (χ1v) is 6.57. The summed E-state index contributed by atoms with van der Waals surface area (Å²) in [6, 6.07) is 2.04. The van der Waals surface area contributed by atoms with E-state index in [4.69, 9.17) is 11.6 Å². The molecule has 1 atom stereocenters. The molecule has 0 radical (unpaired) electrons. The van der Waals surface area contributed by atoms with Gasteiger partial charge in [-0.25, -0.2) is 0 Å². The Morgan fingerprint density at radius 3 is 3.12 bits per heavy atom. The van der Waals surface area contributed by atoms with Crippen molar-refractivity contribution in [1.82, 2.24) is 14.7 Å². The van der Waals surface area contributed by atoms with E-state index in [0.29, 0.717) is 18.2 Å². The maximum Gasteiger partial charge on any atom is 0.223 e. The van der Waals surface area contributed by atoms with Gasteiger partial charge in [0.1, 0.15) is 0 Å². The lowest BCUT2D eigenvalue weighted by Crippen LogP contribution is -2.39. The van der Waals surface area contributed by atoms with Crippen LogP contribution >= 0.6 is 11.6 Å². The summed E-state index contributed by atoms with van der Waals surface area (Å²) < 4.78 is 1.81. The topological polar surface area (TPSA) is 38.1 Å². The number of likely N-dealkylation sites (tertiary alicyclic amines) is 1. The summed E-state index contributed by atoms with van der Waals surface area (Å²) in [5, 5.41) is 4.43. The lowest BCUT2D eigenvalue weighted by atomic mass is 9.95. The largest absolute Gasteiger partial charge is 0.342 e. The van der Waals surface area contributed by atoms with Crippen LogP contribution in [0.2, 0.25) is 0 Å². The van der Waals surface area contributed by atoms with Crippen molar-refractivity contribution >= 4 is 17.5 Å². The minimum absolute atomic E-state index is 0.167. The molecule has 1 aliphatic heterocycles. The van der Waals surface area contributed by atoms with Crippen LogP contribution in [-0.2, 0) is 11.8 Å². The highest BCUT2D eigenvalue weighted by atomic mass is 35.5. The Bertz CT molecular complexity index is 391. The van der Waals surface area contributed by atoms with Crippen molar-refractivity contribution in [2.24, 2.45) is 7.05 Å². The average Bonchev–Trinajstić information content (AvgIpc) is 2.76. The van der Waals surface area contributed by atoms with Gasteiger partial charge in [-0.2, -0.15) is 5.10 Å². The normalized spacial score (nSPS) is 20.6. The van der Waals surface area contributed by atoms with Crippen LogP contribution in [0.3, 0.4) is 0 Å². The molecule has 94 valence electrons. The zero-order chi connectivity index (χ0) is 12.3. The molecule has 1 aliphatic rings. The van der Waals surface area contributed by atoms with Crippen LogP contribution in [0.15, 0.2) is 12.3 Å². The maximum atomic E-state index is 11.8. The molecule has 1 aromatic heterocycles. The van der Waals surface area contributed by atoms with Gasteiger partial charge >= 0.3 is 0 Å². The smallest absolute Gasteiger partial charge is 0.223 e.